The van der Waals surface area contributed by atoms with Crippen molar-refractivity contribution in [3.05, 3.63) is 12.7 Å². The van der Waals surface area contributed by atoms with Crippen LogP contribution in [-0.4, -0.2) is 48.6 Å². The van der Waals surface area contributed by atoms with Gasteiger partial charge in [-0.25, -0.2) is 0 Å². The molecule has 1 heterocycles. The number of ether oxygens (including phenoxy) is 1. The number of rotatable bonds is 8. The van der Waals surface area contributed by atoms with Crippen molar-refractivity contribution in [3.63, 3.8) is 0 Å². The van der Waals surface area contributed by atoms with Gasteiger partial charge in [-0.1, -0.05) is 19.9 Å². The minimum Gasteiger partial charge on any atom is -0.379 e. The zero-order valence-electron chi connectivity index (χ0n) is 11.9. The molecule has 0 aromatic carbocycles. The molecular formula is C14H24N2O3. The molecule has 0 atom stereocenters. The molecular weight excluding hydrogens is 244 g/mol. The van der Waals surface area contributed by atoms with Crippen LogP contribution in [0.15, 0.2) is 12.7 Å². The largest absolute Gasteiger partial charge is 0.379 e. The third-order valence-corrected chi connectivity index (χ3v) is 3.59. The minimum absolute atomic E-state index is 0.00409. The predicted octanol–water partition coefficient (Wildman–Crippen LogP) is 1.10. The quantitative estimate of drug-likeness (QED) is 0.529. The zero-order valence-corrected chi connectivity index (χ0v) is 11.9. The molecule has 19 heavy (non-hydrogen) atoms. The van der Waals surface area contributed by atoms with Gasteiger partial charge in [0.05, 0.1) is 19.8 Å². The van der Waals surface area contributed by atoms with Crippen LogP contribution in [0.3, 0.4) is 0 Å². The lowest BCUT2D eigenvalue weighted by molar-refractivity contribution is -0.151. The third-order valence-electron chi connectivity index (χ3n) is 3.59. The highest BCUT2D eigenvalue weighted by atomic mass is 16.5. The second-order valence-electron chi connectivity index (χ2n) is 4.75. The molecule has 0 aliphatic carbocycles. The van der Waals surface area contributed by atoms with Crippen molar-refractivity contribution >= 4 is 11.8 Å². The Hall–Kier alpha value is -1.36. The van der Waals surface area contributed by atoms with E-state index in [1.54, 1.807) is 11.0 Å². The maximum Gasteiger partial charge on any atom is 0.248 e. The Kier molecular flexibility index (Phi) is 6.02. The topological polar surface area (TPSA) is 58.6 Å². The van der Waals surface area contributed by atoms with E-state index in [1.165, 1.54) is 0 Å². The van der Waals surface area contributed by atoms with Crippen molar-refractivity contribution in [3.8, 4) is 0 Å². The molecule has 108 valence electrons. The van der Waals surface area contributed by atoms with Crippen LogP contribution in [0.25, 0.3) is 0 Å². The number of nitrogens with zero attached hydrogens (tertiary/aromatic N) is 1. The van der Waals surface area contributed by atoms with Crippen LogP contribution in [0, 0.1) is 0 Å². The summed E-state index contributed by atoms with van der Waals surface area (Å²) in [6.07, 6.45) is 3.81. The van der Waals surface area contributed by atoms with Gasteiger partial charge in [-0.3, -0.25) is 9.59 Å². The lowest BCUT2D eigenvalue weighted by Gasteiger charge is -2.41. The number of nitrogens with one attached hydrogen (secondary N) is 1. The molecule has 1 N–H and O–H groups in total. The Labute approximate surface area is 115 Å². The van der Waals surface area contributed by atoms with E-state index < -0.39 is 5.54 Å². The molecule has 0 radical (unpaired) electrons. The summed E-state index contributed by atoms with van der Waals surface area (Å²) < 4.78 is 5.40. The number of carbonyl (C=O) groups is 2. The zero-order chi connectivity index (χ0) is 14.3. The van der Waals surface area contributed by atoms with E-state index in [2.05, 4.69) is 11.9 Å². The van der Waals surface area contributed by atoms with E-state index in [0.29, 0.717) is 32.6 Å². The predicted molar refractivity (Wildman–Crippen MR) is 73.7 cm³/mol. The highest BCUT2D eigenvalue weighted by Crippen LogP contribution is 2.21. The highest BCUT2D eigenvalue weighted by Gasteiger charge is 2.43. The van der Waals surface area contributed by atoms with Crippen LogP contribution in [-0.2, 0) is 14.3 Å². The molecule has 0 saturated carbocycles. The maximum atomic E-state index is 12.4. The first kappa shape index (κ1) is 15.7. The molecule has 5 heteroatoms. The molecule has 0 unspecified atom stereocenters. The first-order chi connectivity index (χ1) is 9.09. The Morgan fingerprint density at radius 2 is 2.05 bits per heavy atom. The maximum absolute atomic E-state index is 12.4. The fourth-order valence-electron chi connectivity index (χ4n) is 2.26. The van der Waals surface area contributed by atoms with E-state index in [4.69, 9.17) is 4.74 Å². The van der Waals surface area contributed by atoms with Gasteiger partial charge >= 0.3 is 0 Å². The van der Waals surface area contributed by atoms with Gasteiger partial charge in [-0.15, -0.1) is 6.58 Å². The standard InChI is InChI=1S/C14H24N2O3/c1-4-7-9-19-10-8-16-11-12(17)15-14(5-2,6-3)13(16)18/h4H,1,5-11H2,2-3H3,(H,15,17). The van der Waals surface area contributed by atoms with Crippen LogP contribution >= 0.6 is 0 Å². The number of hydrogen-bond donors (Lipinski definition) is 1. The van der Waals surface area contributed by atoms with Gasteiger partial charge in [0, 0.05) is 6.54 Å². The fraction of sp³-hybridized carbons (Fsp3) is 0.714. The van der Waals surface area contributed by atoms with Crippen LogP contribution in [0.4, 0.5) is 0 Å². The van der Waals surface area contributed by atoms with Gasteiger partial charge in [0.25, 0.3) is 0 Å². The van der Waals surface area contributed by atoms with Crippen molar-refractivity contribution in [1.82, 2.24) is 10.2 Å². The summed E-state index contributed by atoms with van der Waals surface area (Å²) in [6, 6.07) is 0. The number of hydrogen-bond acceptors (Lipinski definition) is 3. The van der Waals surface area contributed by atoms with Gasteiger partial charge in [-0.05, 0) is 19.3 Å². The Morgan fingerprint density at radius 1 is 1.37 bits per heavy atom. The molecule has 0 aromatic heterocycles. The first-order valence-corrected chi connectivity index (χ1v) is 6.88. The van der Waals surface area contributed by atoms with E-state index in [1.807, 2.05) is 13.8 Å². The number of carbonyl (C=O) groups excluding carboxylic acids is 2. The van der Waals surface area contributed by atoms with Crippen molar-refractivity contribution in [2.75, 3.05) is 26.3 Å². The van der Waals surface area contributed by atoms with E-state index >= 15 is 0 Å². The van der Waals surface area contributed by atoms with E-state index in [-0.39, 0.29) is 18.4 Å². The number of piperazine rings is 1. The third kappa shape index (κ3) is 3.80. The highest BCUT2D eigenvalue weighted by molar-refractivity contribution is 5.97. The van der Waals surface area contributed by atoms with Crippen molar-refractivity contribution < 1.29 is 14.3 Å². The SMILES string of the molecule is C=CCCOCCN1CC(=O)NC(CC)(CC)C1=O. The van der Waals surface area contributed by atoms with Gasteiger partial charge in [-0.2, -0.15) is 0 Å². The summed E-state index contributed by atoms with van der Waals surface area (Å²) in [5.74, 6) is -0.0844. The second kappa shape index (κ2) is 7.28. The van der Waals surface area contributed by atoms with Crippen LogP contribution in [0.2, 0.25) is 0 Å². The van der Waals surface area contributed by atoms with Gasteiger partial charge in [0.1, 0.15) is 5.54 Å². The summed E-state index contributed by atoms with van der Waals surface area (Å²) in [5.41, 5.74) is -0.726. The number of amides is 2. The summed E-state index contributed by atoms with van der Waals surface area (Å²) in [7, 11) is 0. The molecule has 1 fully saturated rings. The monoisotopic (exact) mass is 268 g/mol. The molecule has 5 nitrogen and oxygen atoms in total. The molecule has 0 aromatic rings. The summed E-state index contributed by atoms with van der Waals surface area (Å²) in [4.78, 5) is 25.7. The van der Waals surface area contributed by atoms with Gasteiger partial charge < -0.3 is 15.0 Å². The molecule has 1 aliphatic heterocycles. The van der Waals surface area contributed by atoms with Crippen molar-refractivity contribution in [2.24, 2.45) is 0 Å². The lowest BCUT2D eigenvalue weighted by Crippen LogP contribution is -2.66. The molecule has 1 saturated heterocycles. The Bertz CT molecular complexity index is 338. The van der Waals surface area contributed by atoms with Gasteiger partial charge in [0.2, 0.25) is 11.8 Å². The van der Waals surface area contributed by atoms with E-state index in [9.17, 15) is 9.59 Å². The van der Waals surface area contributed by atoms with Crippen LogP contribution < -0.4 is 5.32 Å². The van der Waals surface area contributed by atoms with E-state index in [0.717, 1.165) is 6.42 Å². The van der Waals surface area contributed by atoms with Crippen LogP contribution in [0.5, 0.6) is 0 Å². The Balaban J connectivity index is 2.55. The molecule has 0 bridgehead atoms. The summed E-state index contributed by atoms with van der Waals surface area (Å²) >= 11 is 0. The first-order valence-electron chi connectivity index (χ1n) is 6.88. The second-order valence-corrected chi connectivity index (χ2v) is 4.75. The molecule has 0 spiro atoms. The molecule has 1 rings (SSSR count). The summed E-state index contributed by atoms with van der Waals surface area (Å²) in [6.45, 7) is 9.11. The van der Waals surface area contributed by atoms with Crippen molar-refractivity contribution in [1.29, 1.82) is 0 Å². The van der Waals surface area contributed by atoms with Gasteiger partial charge in [0.15, 0.2) is 0 Å². The van der Waals surface area contributed by atoms with Crippen LogP contribution in [0.1, 0.15) is 33.1 Å². The minimum atomic E-state index is -0.726. The lowest BCUT2D eigenvalue weighted by atomic mass is 9.89. The Morgan fingerprint density at radius 3 is 2.63 bits per heavy atom. The normalized spacial score (nSPS) is 18.3. The average Bonchev–Trinajstić information content (AvgIpc) is 2.42. The smallest absolute Gasteiger partial charge is 0.248 e. The average molecular weight is 268 g/mol. The molecule has 1 aliphatic rings. The fourth-order valence-corrected chi connectivity index (χ4v) is 2.26. The van der Waals surface area contributed by atoms with Crippen molar-refractivity contribution in [2.45, 2.75) is 38.6 Å². The summed E-state index contributed by atoms with van der Waals surface area (Å²) in [5, 5.41) is 2.84. The molecule has 2 amide bonds.